The molecule has 0 aromatic heterocycles. The van der Waals surface area contributed by atoms with Crippen molar-refractivity contribution in [1.29, 1.82) is 0 Å². The van der Waals surface area contributed by atoms with E-state index in [0.29, 0.717) is 0 Å². The van der Waals surface area contributed by atoms with Gasteiger partial charge >= 0.3 is 0 Å². The van der Waals surface area contributed by atoms with Crippen molar-refractivity contribution >= 4 is 0 Å². The maximum Gasteiger partial charge on any atom is 0.294 e. The van der Waals surface area contributed by atoms with E-state index in [4.69, 9.17) is 5.11 Å². The molecule has 4 unspecified atom stereocenters. The van der Waals surface area contributed by atoms with E-state index in [2.05, 4.69) is 24.2 Å². The predicted molar refractivity (Wildman–Crippen MR) is 67.5 cm³/mol. The van der Waals surface area contributed by atoms with Crippen LogP contribution in [0.2, 0.25) is 0 Å². The molecule has 27 heavy (non-hydrogen) atoms. The summed E-state index contributed by atoms with van der Waals surface area (Å²) >= 11 is 0. The first-order valence-electron chi connectivity index (χ1n) is 6.10. The Morgan fingerprint density at radius 1 is 0.630 bits per heavy atom. The third-order valence-electron chi connectivity index (χ3n) is 2.44. The minimum absolute atomic E-state index is 1.43. The molecule has 0 aliphatic carbocycles. The van der Waals surface area contributed by atoms with Gasteiger partial charge in [-0.05, 0) is 0 Å². The van der Waals surface area contributed by atoms with Gasteiger partial charge in [0.05, 0.1) is 6.61 Å². The van der Waals surface area contributed by atoms with Gasteiger partial charge in [0.1, 0.15) is 6.61 Å². The molecule has 4 atom stereocenters. The maximum absolute atomic E-state index is 10.6. The number of rotatable bonds is 15. The molecule has 154 valence electrons. The summed E-state index contributed by atoms with van der Waals surface area (Å²) in [6.45, 7) is -2.89. The molecule has 0 aliphatic heterocycles. The fourth-order valence-electron chi connectivity index (χ4n) is 1.62. The standard InChI is InChI=1S/C6H9N5O16/c12-1-3(24-8(15)16)5(26-10(19)20)6(27-11(21)22)4(25-9(17)18)2-23-7(13)14/h3-6,12H,1-2H2. The van der Waals surface area contributed by atoms with Crippen LogP contribution < -0.4 is 0 Å². The lowest BCUT2D eigenvalue weighted by atomic mass is 10.0. The summed E-state index contributed by atoms with van der Waals surface area (Å²) in [5.41, 5.74) is 0. The molecular formula is C6H9N5O16. The Hall–Kier alpha value is -4.04. The van der Waals surface area contributed by atoms with Gasteiger partial charge in [-0.1, -0.05) is 0 Å². The maximum atomic E-state index is 10.6. The van der Waals surface area contributed by atoms with Gasteiger partial charge in [-0.25, -0.2) is 0 Å². The average molecular weight is 407 g/mol. The zero-order valence-corrected chi connectivity index (χ0v) is 12.5. The highest BCUT2D eigenvalue weighted by Gasteiger charge is 2.44. The molecule has 21 nitrogen and oxygen atoms in total. The normalized spacial score (nSPS) is 14.6. The second kappa shape index (κ2) is 10.7. The van der Waals surface area contributed by atoms with Gasteiger partial charge < -0.3 is 29.3 Å². The van der Waals surface area contributed by atoms with Crippen LogP contribution in [0.15, 0.2) is 0 Å². The third-order valence-corrected chi connectivity index (χ3v) is 2.44. The Bertz CT molecular complexity index is 568. The molecule has 0 aromatic rings. The lowest BCUT2D eigenvalue weighted by Crippen LogP contribution is -2.54. The third kappa shape index (κ3) is 9.13. The van der Waals surface area contributed by atoms with Crippen LogP contribution in [-0.2, 0) is 24.2 Å². The molecule has 0 amide bonds. The molecule has 0 fully saturated rings. The fourth-order valence-corrected chi connectivity index (χ4v) is 1.62. The van der Waals surface area contributed by atoms with E-state index in [1.165, 1.54) is 0 Å². The molecule has 0 saturated heterocycles. The molecule has 0 aliphatic rings. The first-order valence-corrected chi connectivity index (χ1v) is 6.10. The van der Waals surface area contributed by atoms with Crippen molar-refractivity contribution in [2.24, 2.45) is 0 Å². The van der Waals surface area contributed by atoms with Crippen LogP contribution in [0, 0.1) is 50.6 Å². The van der Waals surface area contributed by atoms with Crippen molar-refractivity contribution in [3.8, 4) is 0 Å². The molecule has 0 radical (unpaired) electrons. The van der Waals surface area contributed by atoms with E-state index in [-0.39, 0.29) is 0 Å². The minimum Gasteiger partial charge on any atom is -0.394 e. The molecule has 0 aromatic carbocycles. The highest BCUT2D eigenvalue weighted by atomic mass is 17.0. The first-order chi connectivity index (χ1) is 12.5. The van der Waals surface area contributed by atoms with E-state index in [9.17, 15) is 50.6 Å². The number of aliphatic hydroxyl groups excluding tert-OH is 1. The first kappa shape index (κ1) is 23.0. The van der Waals surface area contributed by atoms with Crippen LogP contribution >= 0.6 is 0 Å². The number of hydrogen-bond acceptors (Lipinski definition) is 16. The Morgan fingerprint density at radius 3 is 1.33 bits per heavy atom. The Labute approximate surface area is 144 Å². The smallest absolute Gasteiger partial charge is 0.294 e. The fraction of sp³-hybridized carbons (Fsp3) is 1.00. The summed E-state index contributed by atoms with van der Waals surface area (Å²) in [5, 5.41) is 53.3. The highest BCUT2D eigenvalue weighted by Crippen LogP contribution is 2.19. The van der Waals surface area contributed by atoms with Crippen molar-refractivity contribution in [2.75, 3.05) is 13.2 Å². The number of aliphatic hydroxyl groups is 1. The number of hydrogen-bond donors (Lipinski definition) is 1. The summed E-state index contributed by atoms with van der Waals surface area (Å²) in [5.74, 6) is 0. The van der Waals surface area contributed by atoms with Gasteiger partial charge in [0.2, 0.25) is 0 Å². The summed E-state index contributed by atoms with van der Waals surface area (Å²) in [6.07, 6.45) is -10.0. The SMILES string of the molecule is O=[N+]([O-])OCC(O[N+](=O)[O-])C(O[N+](=O)[O-])C(O[N+](=O)[O-])C(CO)O[N+](=O)[O-]. The molecule has 1 N–H and O–H groups in total. The van der Waals surface area contributed by atoms with Crippen LogP contribution in [0.1, 0.15) is 0 Å². The monoisotopic (exact) mass is 407 g/mol. The van der Waals surface area contributed by atoms with Gasteiger partial charge in [-0.2, -0.15) is 0 Å². The zero-order chi connectivity index (χ0) is 21.1. The summed E-state index contributed by atoms with van der Waals surface area (Å²) in [4.78, 5) is 71.5. The second-order valence-corrected chi connectivity index (χ2v) is 4.02. The van der Waals surface area contributed by atoms with E-state index >= 15 is 0 Å². The quantitative estimate of drug-likeness (QED) is 0.216. The molecule has 0 spiro atoms. The van der Waals surface area contributed by atoms with Crippen LogP contribution in [-0.4, -0.2) is 68.2 Å². The van der Waals surface area contributed by atoms with E-state index in [1.54, 1.807) is 0 Å². The molecular weight excluding hydrogens is 398 g/mol. The topological polar surface area (TPSA) is 282 Å². The Balaban J connectivity index is 5.96. The Kier molecular flexibility index (Phi) is 9.14. The van der Waals surface area contributed by atoms with Crippen LogP contribution in [0.3, 0.4) is 0 Å². The molecule has 0 heterocycles. The lowest BCUT2D eigenvalue weighted by Gasteiger charge is -2.31. The second-order valence-electron chi connectivity index (χ2n) is 4.02. The Morgan fingerprint density at radius 2 is 1.00 bits per heavy atom. The summed E-state index contributed by atoms with van der Waals surface area (Å²) < 4.78 is 0. The number of nitrogens with zero attached hydrogens (tertiary/aromatic N) is 5. The van der Waals surface area contributed by atoms with Crippen molar-refractivity contribution in [1.82, 2.24) is 0 Å². The molecule has 21 heteroatoms. The summed E-state index contributed by atoms with van der Waals surface area (Å²) in [7, 11) is 0. The van der Waals surface area contributed by atoms with Crippen LogP contribution in [0.4, 0.5) is 0 Å². The van der Waals surface area contributed by atoms with Crippen LogP contribution in [0.5, 0.6) is 0 Å². The van der Waals surface area contributed by atoms with Gasteiger partial charge in [0.25, 0.3) is 25.4 Å². The molecule has 0 bridgehead atoms. The van der Waals surface area contributed by atoms with Gasteiger partial charge in [0, 0.05) is 0 Å². The van der Waals surface area contributed by atoms with E-state index in [0.717, 1.165) is 0 Å². The predicted octanol–water partition coefficient (Wildman–Crippen LogP) is -2.51. The molecule has 0 saturated carbocycles. The van der Waals surface area contributed by atoms with Crippen molar-refractivity contribution in [3.63, 3.8) is 0 Å². The van der Waals surface area contributed by atoms with Gasteiger partial charge in [-0.3, -0.25) is 0 Å². The van der Waals surface area contributed by atoms with Gasteiger partial charge in [-0.15, -0.1) is 50.6 Å². The molecule has 0 rings (SSSR count). The van der Waals surface area contributed by atoms with Crippen molar-refractivity contribution < 1.29 is 54.7 Å². The van der Waals surface area contributed by atoms with E-state index in [1.807, 2.05) is 0 Å². The highest BCUT2D eigenvalue weighted by molar-refractivity contribution is 4.83. The van der Waals surface area contributed by atoms with Crippen molar-refractivity contribution in [3.05, 3.63) is 50.6 Å². The summed E-state index contributed by atoms with van der Waals surface area (Å²) in [6, 6.07) is 0. The van der Waals surface area contributed by atoms with E-state index < -0.39 is 63.1 Å². The largest absolute Gasteiger partial charge is 0.394 e. The average Bonchev–Trinajstić information content (AvgIpc) is 2.51. The lowest BCUT2D eigenvalue weighted by molar-refractivity contribution is -0.831. The van der Waals surface area contributed by atoms with Crippen molar-refractivity contribution in [2.45, 2.75) is 24.4 Å². The zero-order valence-electron chi connectivity index (χ0n) is 12.5. The van der Waals surface area contributed by atoms with Crippen LogP contribution in [0.25, 0.3) is 0 Å². The minimum atomic E-state index is -2.63. The van der Waals surface area contributed by atoms with Gasteiger partial charge in [0.15, 0.2) is 24.4 Å².